The quantitative estimate of drug-likeness (QED) is 0.690. The maximum atomic E-state index is 13.0. The molecule has 0 bridgehead atoms. The first-order valence-electron chi connectivity index (χ1n) is 9.09. The van der Waals surface area contributed by atoms with Gasteiger partial charge in [-0.2, -0.15) is 0 Å². The van der Waals surface area contributed by atoms with Crippen LogP contribution in [-0.4, -0.2) is 60.1 Å². The Morgan fingerprint density at radius 2 is 1.86 bits per heavy atom. The monoisotopic (exact) mass is 400 g/mol. The number of carbonyl (C=O) groups excluding carboxylic acids is 2. The zero-order valence-electron chi connectivity index (χ0n) is 16.3. The van der Waals surface area contributed by atoms with E-state index in [4.69, 9.17) is 4.74 Å². The number of likely N-dealkylation sites (N-methyl/N-ethyl adjacent to an activating group) is 1. The van der Waals surface area contributed by atoms with Crippen molar-refractivity contribution in [2.75, 3.05) is 33.4 Å². The van der Waals surface area contributed by atoms with Gasteiger partial charge < -0.3 is 14.7 Å². The molecular formula is C21H24N2O4S. The molecule has 1 aromatic heterocycles. The van der Waals surface area contributed by atoms with Crippen molar-refractivity contribution in [2.24, 2.45) is 0 Å². The molecule has 0 saturated heterocycles. The van der Waals surface area contributed by atoms with Crippen LogP contribution in [0.4, 0.5) is 0 Å². The Bertz CT molecular complexity index is 885. The van der Waals surface area contributed by atoms with Gasteiger partial charge in [0, 0.05) is 18.5 Å². The van der Waals surface area contributed by atoms with Crippen LogP contribution in [-0.2, 0) is 9.59 Å². The second-order valence-electron chi connectivity index (χ2n) is 6.78. The van der Waals surface area contributed by atoms with Gasteiger partial charge in [0.25, 0.3) is 11.8 Å². The number of rotatable bonds is 8. The number of hydrogen-bond acceptors (Lipinski definition) is 6. The van der Waals surface area contributed by atoms with Crippen molar-refractivity contribution in [3.05, 3.63) is 57.4 Å². The standard InChI is InChI=1S/C21H24N2O4S/c1-14-11-15(2)13-16(12-14)27-9-7-23-20(25)18(17-5-4-10-28-17)19(21(23)26)22(3)6-8-24/h4-5,10-13,24H,6-9H2,1-3H3. The van der Waals surface area contributed by atoms with Gasteiger partial charge in [0.15, 0.2) is 0 Å². The van der Waals surface area contributed by atoms with Gasteiger partial charge in [-0.3, -0.25) is 14.5 Å². The second-order valence-corrected chi connectivity index (χ2v) is 7.73. The van der Waals surface area contributed by atoms with Crippen LogP contribution in [0.25, 0.3) is 5.57 Å². The minimum absolute atomic E-state index is 0.102. The molecule has 3 rings (SSSR count). The van der Waals surface area contributed by atoms with Gasteiger partial charge in [0.05, 0.1) is 18.7 Å². The zero-order chi connectivity index (χ0) is 20.3. The number of hydrogen-bond donors (Lipinski definition) is 1. The average Bonchev–Trinajstić information content (AvgIpc) is 3.22. The van der Waals surface area contributed by atoms with Crippen molar-refractivity contribution < 1.29 is 19.4 Å². The van der Waals surface area contributed by atoms with Crippen molar-refractivity contribution in [1.82, 2.24) is 9.80 Å². The Hall–Kier alpha value is -2.64. The van der Waals surface area contributed by atoms with E-state index in [9.17, 15) is 14.7 Å². The molecule has 0 saturated carbocycles. The van der Waals surface area contributed by atoms with Crippen LogP contribution in [0.1, 0.15) is 16.0 Å². The zero-order valence-corrected chi connectivity index (χ0v) is 17.1. The Morgan fingerprint density at radius 3 is 2.46 bits per heavy atom. The molecule has 148 valence electrons. The topological polar surface area (TPSA) is 70.1 Å². The van der Waals surface area contributed by atoms with Gasteiger partial charge in [0.2, 0.25) is 0 Å². The van der Waals surface area contributed by atoms with Gasteiger partial charge >= 0.3 is 0 Å². The number of amides is 2. The summed E-state index contributed by atoms with van der Waals surface area (Å²) in [5.41, 5.74) is 2.91. The van der Waals surface area contributed by atoms with E-state index in [0.717, 1.165) is 21.8 Å². The summed E-state index contributed by atoms with van der Waals surface area (Å²) in [6, 6.07) is 9.58. The molecule has 6 nitrogen and oxygen atoms in total. The van der Waals surface area contributed by atoms with E-state index >= 15 is 0 Å². The van der Waals surface area contributed by atoms with Crippen molar-refractivity contribution >= 4 is 28.7 Å². The largest absolute Gasteiger partial charge is 0.492 e. The van der Waals surface area contributed by atoms with E-state index in [1.165, 1.54) is 16.2 Å². The highest BCUT2D eigenvalue weighted by Crippen LogP contribution is 2.33. The lowest BCUT2D eigenvalue weighted by Gasteiger charge is -2.20. The maximum Gasteiger partial charge on any atom is 0.278 e. The maximum absolute atomic E-state index is 13.0. The fourth-order valence-corrected chi connectivity index (χ4v) is 4.06. The van der Waals surface area contributed by atoms with Gasteiger partial charge in [0.1, 0.15) is 18.1 Å². The first-order valence-corrected chi connectivity index (χ1v) is 9.97. The third kappa shape index (κ3) is 4.10. The van der Waals surface area contributed by atoms with Crippen LogP contribution < -0.4 is 4.74 Å². The molecule has 28 heavy (non-hydrogen) atoms. The molecule has 1 aliphatic heterocycles. The highest BCUT2D eigenvalue weighted by molar-refractivity contribution is 7.11. The fourth-order valence-electron chi connectivity index (χ4n) is 3.30. The Balaban J connectivity index is 1.76. The summed E-state index contributed by atoms with van der Waals surface area (Å²) in [5, 5.41) is 11.1. The predicted octanol–water partition coefficient (Wildman–Crippen LogP) is 2.45. The van der Waals surface area contributed by atoms with E-state index < -0.39 is 0 Å². The summed E-state index contributed by atoms with van der Waals surface area (Å²) in [6.07, 6.45) is 0. The number of imide groups is 1. The highest BCUT2D eigenvalue weighted by Gasteiger charge is 2.40. The number of benzene rings is 1. The third-order valence-corrected chi connectivity index (χ3v) is 5.39. The minimum atomic E-state index is -0.353. The van der Waals surface area contributed by atoms with Crippen LogP contribution in [0.15, 0.2) is 41.4 Å². The molecule has 0 spiro atoms. The number of ether oxygens (including phenoxy) is 1. The summed E-state index contributed by atoms with van der Waals surface area (Å²) < 4.78 is 5.78. The molecule has 0 radical (unpaired) electrons. The highest BCUT2D eigenvalue weighted by atomic mass is 32.1. The van der Waals surface area contributed by atoms with Gasteiger partial charge in [-0.1, -0.05) is 12.1 Å². The molecule has 2 heterocycles. The van der Waals surface area contributed by atoms with Crippen LogP contribution in [0, 0.1) is 13.8 Å². The van der Waals surface area contributed by atoms with Gasteiger partial charge in [-0.15, -0.1) is 11.3 Å². The summed E-state index contributed by atoms with van der Waals surface area (Å²) >= 11 is 1.41. The molecule has 0 unspecified atom stereocenters. The molecule has 1 aromatic carbocycles. The molecular weight excluding hydrogens is 376 g/mol. The molecule has 0 fully saturated rings. The lowest BCUT2D eigenvalue weighted by molar-refractivity contribution is -0.137. The molecule has 0 aliphatic carbocycles. The van der Waals surface area contributed by atoms with Crippen LogP contribution in [0.5, 0.6) is 5.75 Å². The lowest BCUT2D eigenvalue weighted by Crippen LogP contribution is -2.37. The molecule has 7 heteroatoms. The van der Waals surface area contributed by atoms with Gasteiger partial charge in [-0.25, -0.2) is 0 Å². The van der Waals surface area contributed by atoms with E-state index in [-0.39, 0.29) is 38.1 Å². The van der Waals surface area contributed by atoms with Crippen molar-refractivity contribution in [2.45, 2.75) is 13.8 Å². The normalized spacial score (nSPS) is 14.2. The summed E-state index contributed by atoms with van der Waals surface area (Å²) in [4.78, 5) is 29.6. The minimum Gasteiger partial charge on any atom is -0.492 e. The fraction of sp³-hybridized carbons (Fsp3) is 0.333. The first kappa shape index (κ1) is 20.1. The summed E-state index contributed by atoms with van der Waals surface area (Å²) in [5.74, 6) is 0.0466. The first-order chi connectivity index (χ1) is 13.4. The predicted molar refractivity (Wildman–Crippen MR) is 109 cm³/mol. The number of carbonyl (C=O) groups is 2. The number of aliphatic hydroxyl groups excluding tert-OH is 1. The number of nitrogens with zero attached hydrogens (tertiary/aromatic N) is 2. The SMILES string of the molecule is Cc1cc(C)cc(OCCN2C(=O)C(c3cccs3)=C(N(C)CCO)C2=O)c1. The Labute approximate surface area is 168 Å². The van der Waals surface area contributed by atoms with Crippen LogP contribution in [0.2, 0.25) is 0 Å². The average molecular weight is 401 g/mol. The second kappa shape index (κ2) is 8.58. The van der Waals surface area contributed by atoms with Crippen molar-refractivity contribution in [1.29, 1.82) is 0 Å². The lowest BCUT2D eigenvalue weighted by atomic mass is 10.1. The molecule has 2 amide bonds. The molecule has 1 aliphatic rings. The molecule has 2 aromatic rings. The Morgan fingerprint density at radius 1 is 1.14 bits per heavy atom. The number of aryl methyl sites for hydroxylation is 2. The summed E-state index contributed by atoms with van der Waals surface area (Å²) in [7, 11) is 1.71. The van der Waals surface area contributed by atoms with Crippen LogP contribution >= 0.6 is 11.3 Å². The smallest absolute Gasteiger partial charge is 0.278 e. The number of aliphatic hydroxyl groups is 1. The summed E-state index contributed by atoms with van der Waals surface area (Å²) in [6.45, 7) is 4.54. The van der Waals surface area contributed by atoms with Crippen molar-refractivity contribution in [3.8, 4) is 5.75 Å². The molecule has 0 atom stereocenters. The third-order valence-electron chi connectivity index (χ3n) is 4.51. The van der Waals surface area contributed by atoms with Crippen LogP contribution in [0.3, 0.4) is 0 Å². The van der Waals surface area contributed by atoms with Crippen molar-refractivity contribution in [3.63, 3.8) is 0 Å². The van der Waals surface area contributed by atoms with E-state index in [2.05, 4.69) is 6.07 Å². The Kier molecular flexibility index (Phi) is 6.16. The van der Waals surface area contributed by atoms with E-state index in [1.54, 1.807) is 11.9 Å². The number of thiophene rings is 1. The van der Waals surface area contributed by atoms with Gasteiger partial charge in [-0.05, 0) is 48.6 Å². The molecule has 1 N–H and O–H groups in total. The van der Waals surface area contributed by atoms with E-state index in [0.29, 0.717) is 11.3 Å². The van der Waals surface area contributed by atoms with E-state index in [1.807, 2.05) is 43.5 Å².